The summed E-state index contributed by atoms with van der Waals surface area (Å²) in [5, 5.41) is 4.99. The molecule has 1 amide bonds. The first-order chi connectivity index (χ1) is 11.2. The predicted molar refractivity (Wildman–Crippen MR) is 85.2 cm³/mol. The van der Waals surface area contributed by atoms with Gasteiger partial charge in [0.1, 0.15) is 5.69 Å². The molecule has 118 valence electrons. The molecule has 0 radical (unpaired) electrons. The molecule has 1 saturated heterocycles. The normalized spacial score (nSPS) is 16.1. The zero-order valence-corrected chi connectivity index (χ0v) is 13.0. The molecule has 3 aromatic rings. The number of amides is 1. The molecular formula is C17H18N4O2. The maximum absolute atomic E-state index is 12.7. The number of aromatic amines is 1. The summed E-state index contributed by atoms with van der Waals surface area (Å²) in [4.78, 5) is 21.9. The molecular weight excluding hydrogens is 292 g/mol. The van der Waals surface area contributed by atoms with Gasteiger partial charge in [0.15, 0.2) is 5.82 Å². The van der Waals surface area contributed by atoms with Gasteiger partial charge >= 0.3 is 0 Å². The van der Waals surface area contributed by atoms with Crippen molar-refractivity contribution in [3.63, 3.8) is 0 Å². The highest BCUT2D eigenvalue weighted by molar-refractivity contribution is 5.98. The van der Waals surface area contributed by atoms with Gasteiger partial charge in [-0.2, -0.15) is 4.98 Å². The molecule has 0 spiro atoms. The number of piperidine rings is 1. The number of nitrogens with zero attached hydrogens (tertiary/aromatic N) is 3. The van der Waals surface area contributed by atoms with Crippen LogP contribution in [0.4, 0.5) is 0 Å². The summed E-state index contributed by atoms with van der Waals surface area (Å²) in [6.07, 6.45) is 3.09. The van der Waals surface area contributed by atoms with Crippen LogP contribution in [0.15, 0.2) is 35.2 Å². The molecule has 3 heterocycles. The molecule has 23 heavy (non-hydrogen) atoms. The Hall–Kier alpha value is -2.63. The largest absolute Gasteiger partial charge is 0.351 e. The van der Waals surface area contributed by atoms with E-state index < -0.39 is 0 Å². The summed E-state index contributed by atoms with van der Waals surface area (Å²) >= 11 is 0. The summed E-state index contributed by atoms with van der Waals surface area (Å²) in [6, 6.07) is 8.09. The molecule has 1 N–H and O–H groups in total. The van der Waals surface area contributed by atoms with Gasteiger partial charge in [-0.3, -0.25) is 4.79 Å². The Balaban J connectivity index is 1.48. The summed E-state index contributed by atoms with van der Waals surface area (Å²) in [5.41, 5.74) is 2.85. The van der Waals surface area contributed by atoms with E-state index in [2.05, 4.69) is 28.1 Å². The zero-order chi connectivity index (χ0) is 15.8. The average molecular weight is 310 g/mol. The van der Waals surface area contributed by atoms with Crippen LogP contribution in [0.25, 0.3) is 10.9 Å². The van der Waals surface area contributed by atoms with E-state index in [0.29, 0.717) is 18.8 Å². The highest BCUT2D eigenvalue weighted by Gasteiger charge is 2.27. The number of benzene rings is 1. The minimum Gasteiger partial charge on any atom is -0.351 e. The number of carbonyl (C=O) groups is 1. The van der Waals surface area contributed by atoms with Gasteiger partial charge < -0.3 is 14.4 Å². The fourth-order valence-corrected chi connectivity index (χ4v) is 3.24. The number of aryl methyl sites for hydroxylation is 1. The van der Waals surface area contributed by atoms with Crippen molar-refractivity contribution in [1.29, 1.82) is 0 Å². The molecule has 0 unspecified atom stereocenters. The van der Waals surface area contributed by atoms with E-state index in [1.54, 1.807) is 0 Å². The van der Waals surface area contributed by atoms with Gasteiger partial charge in [-0.1, -0.05) is 16.8 Å². The molecule has 4 rings (SSSR count). The van der Waals surface area contributed by atoms with E-state index in [-0.39, 0.29) is 11.8 Å². The molecule has 2 aromatic heterocycles. The monoisotopic (exact) mass is 310 g/mol. The number of carbonyl (C=O) groups excluding carboxylic acids is 1. The Morgan fingerprint density at radius 2 is 2.13 bits per heavy atom. The van der Waals surface area contributed by atoms with Gasteiger partial charge in [-0.15, -0.1) is 0 Å². The van der Waals surface area contributed by atoms with Gasteiger partial charge in [0.25, 0.3) is 5.91 Å². The van der Waals surface area contributed by atoms with Gasteiger partial charge in [0.2, 0.25) is 6.39 Å². The van der Waals surface area contributed by atoms with Crippen molar-refractivity contribution >= 4 is 16.8 Å². The van der Waals surface area contributed by atoms with Crippen molar-refractivity contribution in [2.75, 3.05) is 13.1 Å². The van der Waals surface area contributed by atoms with Crippen LogP contribution in [0.2, 0.25) is 0 Å². The number of hydrogen-bond donors (Lipinski definition) is 1. The van der Waals surface area contributed by atoms with Crippen molar-refractivity contribution in [2.45, 2.75) is 25.7 Å². The molecule has 6 nitrogen and oxygen atoms in total. The molecule has 0 saturated carbocycles. The second-order valence-corrected chi connectivity index (χ2v) is 6.13. The molecule has 1 aromatic carbocycles. The quantitative estimate of drug-likeness (QED) is 0.789. The second-order valence-electron chi connectivity index (χ2n) is 6.13. The van der Waals surface area contributed by atoms with E-state index in [4.69, 9.17) is 4.52 Å². The van der Waals surface area contributed by atoms with Crippen molar-refractivity contribution in [1.82, 2.24) is 20.0 Å². The van der Waals surface area contributed by atoms with Crippen LogP contribution in [0.3, 0.4) is 0 Å². The fraction of sp³-hybridized carbons (Fsp3) is 0.353. The fourth-order valence-electron chi connectivity index (χ4n) is 3.24. The van der Waals surface area contributed by atoms with Crippen molar-refractivity contribution in [2.24, 2.45) is 0 Å². The van der Waals surface area contributed by atoms with Crippen LogP contribution in [-0.2, 0) is 0 Å². The van der Waals surface area contributed by atoms with E-state index in [0.717, 1.165) is 29.6 Å². The predicted octanol–water partition coefficient (Wildman–Crippen LogP) is 2.88. The number of likely N-dealkylation sites (tertiary alicyclic amines) is 1. The molecule has 6 heteroatoms. The van der Waals surface area contributed by atoms with E-state index in [1.807, 2.05) is 23.1 Å². The SMILES string of the molecule is Cc1ccc2[nH]c(C(=O)N3CCC(c4ncon4)CC3)cc2c1. The lowest BCUT2D eigenvalue weighted by Crippen LogP contribution is -2.38. The van der Waals surface area contributed by atoms with Crippen LogP contribution >= 0.6 is 0 Å². The molecule has 1 aliphatic rings. The minimum atomic E-state index is 0.0606. The second kappa shape index (κ2) is 5.53. The third kappa shape index (κ3) is 2.60. The van der Waals surface area contributed by atoms with E-state index in [1.165, 1.54) is 12.0 Å². The van der Waals surface area contributed by atoms with Gasteiger partial charge in [-0.25, -0.2) is 0 Å². The van der Waals surface area contributed by atoms with Crippen molar-refractivity contribution in [3.8, 4) is 0 Å². The van der Waals surface area contributed by atoms with Gasteiger partial charge in [0.05, 0.1) is 0 Å². The summed E-state index contributed by atoms with van der Waals surface area (Å²) in [6.45, 7) is 3.48. The summed E-state index contributed by atoms with van der Waals surface area (Å²) < 4.78 is 4.81. The lowest BCUT2D eigenvalue weighted by atomic mass is 9.96. The first-order valence-electron chi connectivity index (χ1n) is 7.85. The average Bonchev–Trinajstić information content (AvgIpc) is 3.23. The highest BCUT2D eigenvalue weighted by Crippen LogP contribution is 2.26. The Morgan fingerprint density at radius 1 is 1.30 bits per heavy atom. The Morgan fingerprint density at radius 3 is 2.87 bits per heavy atom. The number of aromatic nitrogens is 3. The minimum absolute atomic E-state index is 0.0606. The molecule has 0 aliphatic carbocycles. The van der Waals surface area contributed by atoms with E-state index >= 15 is 0 Å². The van der Waals surface area contributed by atoms with E-state index in [9.17, 15) is 4.79 Å². The van der Waals surface area contributed by atoms with Crippen LogP contribution in [0.5, 0.6) is 0 Å². The standard InChI is InChI=1S/C17H18N4O2/c1-11-2-3-14-13(8-11)9-15(19-14)17(22)21-6-4-12(5-7-21)16-18-10-23-20-16/h2-3,8-10,12,19H,4-7H2,1H3. The van der Waals surface area contributed by atoms with Crippen LogP contribution in [-0.4, -0.2) is 39.0 Å². The Labute approximate surface area is 133 Å². The maximum atomic E-state index is 12.7. The Kier molecular flexibility index (Phi) is 3.37. The number of rotatable bonds is 2. The summed E-state index contributed by atoms with van der Waals surface area (Å²) in [7, 11) is 0. The first kappa shape index (κ1) is 14.0. The molecule has 0 atom stereocenters. The van der Waals surface area contributed by atoms with Gasteiger partial charge in [0, 0.05) is 29.9 Å². The zero-order valence-electron chi connectivity index (χ0n) is 13.0. The Bertz CT molecular complexity index is 830. The van der Waals surface area contributed by atoms with Crippen molar-refractivity contribution < 1.29 is 9.32 Å². The molecule has 1 fully saturated rings. The number of hydrogen-bond acceptors (Lipinski definition) is 4. The van der Waals surface area contributed by atoms with Crippen LogP contribution in [0.1, 0.15) is 40.6 Å². The smallest absolute Gasteiger partial charge is 0.270 e. The molecule has 0 bridgehead atoms. The number of fused-ring (bicyclic) bond motifs is 1. The summed E-state index contributed by atoms with van der Waals surface area (Å²) in [5.74, 6) is 1.09. The topological polar surface area (TPSA) is 75.0 Å². The third-order valence-electron chi connectivity index (χ3n) is 4.53. The first-order valence-corrected chi connectivity index (χ1v) is 7.85. The third-order valence-corrected chi connectivity index (χ3v) is 4.53. The van der Waals surface area contributed by atoms with Crippen molar-refractivity contribution in [3.05, 3.63) is 47.7 Å². The lowest BCUT2D eigenvalue weighted by molar-refractivity contribution is 0.0705. The van der Waals surface area contributed by atoms with Crippen LogP contribution in [0, 0.1) is 6.92 Å². The number of nitrogens with one attached hydrogen (secondary N) is 1. The van der Waals surface area contributed by atoms with Gasteiger partial charge in [-0.05, 0) is 38.0 Å². The maximum Gasteiger partial charge on any atom is 0.270 e. The number of H-pyrrole nitrogens is 1. The molecule has 1 aliphatic heterocycles. The van der Waals surface area contributed by atoms with Crippen LogP contribution < -0.4 is 0 Å². The highest BCUT2D eigenvalue weighted by atomic mass is 16.5. The lowest BCUT2D eigenvalue weighted by Gasteiger charge is -2.30.